The summed E-state index contributed by atoms with van der Waals surface area (Å²) in [7, 11) is 2.12. The van der Waals surface area contributed by atoms with E-state index in [0.717, 1.165) is 16.7 Å². The fourth-order valence-corrected chi connectivity index (χ4v) is 5.79. The summed E-state index contributed by atoms with van der Waals surface area (Å²) in [6.45, 7) is 6.72. The fourth-order valence-electron chi connectivity index (χ4n) is 5.79. The fraction of sp³-hybridized carbons (Fsp3) is 0.351. The Labute approximate surface area is 270 Å². The molecule has 5 atom stereocenters. The molecule has 1 aliphatic heterocycles. The van der Waals surface area contributed by atoms with Crippen molar-refractivity contribution in [1.29, 1.82) is 0 Å². The van der Waals surface area contributed by atoms with E-state index in [1.807, 2.05) is 42.5 Å². The Bertz CT molecular complexity index is 1630. The van der Waals surface area contributed by atoms with Crippen molar-refractivity contribution in [2.24, 2.45) is 5.92 Å². The number of benzene rings is 4. The van der Waals surface area contributed by atoms with Gasteiger partial charge in [-0.1, -0.05) is 79.7 Å². The number of carbonyl (C=O) groups excluding carboxylic acids is 2. The minimum Gasteiger partial charge on any atom is -0.465 e. The van der Waals surface area contributed by atoms with Crippen LogP contribution in [0.25, 0.3) is 10.8 Å². The summed E-state index contributed by atoms with van der Waals surface area (Å²) in [4.78, 5) is 26.4. The van der Waals surface area contributed by atoms with E-state index in [0.29, 0.717) is 12.2 Å². The predicted molar refractivity (Wildman–Crippen MR) is 178 cm³/mol. The third-order valence-corrected chi connectivity index (χ3v) is 8.62. The topological polar surface area (TPSA) is 109 Å². The van der Waals surface area contributed by atoms with Crippen LogP contribution in [0, 0.1) is 5.92 Å². The average Bonchev–Trinajstić information content (AvgIpc) is 3.08. The number of amides is 2. The van der Waals surface area contributed by atoms with Crippen LogP contribution in [-0.2, 0) is 25.6 Å². The Morgan fingerprint density at radius 1 is 0.935 bits per heavy atom. The summed E-state index contributed by atoms with van der Waals surface area (Å²) < 4.78 is 18.2. The zero-order chi connectivity index (χ0) is 32.6. The smallest absolute Gasteiger partial charge is 0.325 e. The molecular weight excluding hydrogens is 582 g/mol. The molecule has 4 aromatic rings. The first kappa shape index (κ1) is 33.1. The number of nitrogens with zero attached hydrogens (tertiary/aromatic N) is 1. The number of hydrogen-bond acceptors (Lipinski definition) is 7. The molecule has 1 heterocycles. The second-order valence-electron chi connectivity index (χ2n) is 11.8. The van der Waals surface area contributed by atoms with Crippen molar-refractivity contribution >= 4 is 28.5 Å². The largest absolute Gasteiger partial charge is 0.465 e. The lowest BCUT2D eigenvalue weighted by Gasteiger charge is -2.43. The molecule has 1 fully saturated rings. The first-order valence-corrected chi connectivity index (χ1v) is 15.8. The highest BCUT2D eigenvalue weighted by Gasteiger charge is 2.39. The molecule has 0 bridgehead atoms. The summed E-state index contributed by atoms with van der Waals surface area (Å²) in [6.07, 6.45) is -1.15. The third kappa shape index (κ3) is 8.10. The third-order valence-electron chi connectivity index (χ3n) is 8.62. The van der Waals surface area contributed by atoms with E-state index >= 15 is 0 Å². The normalized spacial score (nSPS) is 20.3. The van der Waals surface area contributed by atoms with Gasteiger partial charge in [-0.25, -0.2) is 4.79 Å². The van der Waals surface area contributed by atoms with Crippen LogP contribution in [0.15, 0.2) is 91.0 Å². The molecule has 2 amide bonds. The molecule has 0 aliphatic carbocycles. The Morgan fingerprint density at radius 2 is 1.70 bits per heavy atom. The maximum Gasteiger partial charge on any atom is 0.325 e. The number of hydrogen-bond donors (Lipinski definition) is 3. The number of urea groups is 1. The van der Waals surface area contributed by atoms with Crippen LogP contribution in [-0.4, -0.2) is 54.9 Å². The average molecular weight is 626 g/mol. The van der Waals surface area contributed by atoms with E-state index in [4.69, 9.17) is 14.2 Å². The summed E-state index contributed by atoms with van der Waals surface area (Å²) in [5.74, 6) is -0.494. The molecule has 0 spiro atoms. The molecule has 242 valence electrons. The number of rotatable bonds is 11. The number of ether oxygens (including phenoxy) is 3. The minimum absolute atomic E-state index is 0.0115. The van der Waals surface area contributed by atoms with Gasteiger partial charge in [0.15, 0.2) is 6.29 Å². The number of carbonyl (C=O) groups is 2. The first-order valence-electron chi connectivity index (χ1n) is 15.8. The van der Waals surface area contributed by atoms with E-state index in [2.05, 4.69) is 78.9 Å². The van der Waals surface area contributed by atoms with Crippen LogP contribution in [0.1, 0.15) is 61.5 Å². The molecule has 46 heavy (non-hydrogen) atoms. The predicted octanol–water partition coefficient (Wildman–Crippen LogP) is 6.50. The number of likely N-dealkylation sites (N-methyl/N-ethyl adjacent to an activating group) is 1. The second-order valence-corrected chi connectivity index (χ2v) is 11.8. The van der Waals surface area contributed by atoms with Gasteiger partial charge in [0.05, 0.1) is 25.4 Å². The van der Waals surface area contributed by atoms with Gasteiger partial charge < -0.3 is 30.0 Å². The Hall–Kier alpha value is -4.28. The van der Waals surface area contributed by atoms with Crippen molar-refractivity contribution in [2.45, 2.75) is 51.9 Å². The zero-order valence-corrected chi connectivity index (χ0v) is 26.8. The van der Waals surface area contributed by atoms with Gasteiger partial charge in [-0.2, -0.15) is 0 Å². The molecule has 5 unspecified atom stereocenters. The quantitative estimate of drug-likeness (QED) is 0.163. The lowest BCUT2D eigenvalue weighted by molar-refractivity contribution is -0.276. The van der Waals surface area contributed by atoms with E-state index in [9.17, 15) is 14.7 Å². The van der Waals surface area contributed by atoms with Gasteiger partial charge in [0, 0.05) is 29.8 Å². The maximum absolute atomic E-state index is 12.5. The summed E-state index contributed by atoms with van der Waals surface area (Å²) in [5, 5.41) is 17.3. The van der Waals surface area contributed by atoms with E-state index in [-0.39, 0.29) is 43.9 Å². The lowest BCUT2D eigenvalue weighted by atomic mass is 9.89. The molecule has 9 nitrogen and oxygen atoms in total. The molecule has 0 aromatic heterocycles. The molecule has 1 saturated heterocycles. The lowest BCUT2D eigenvalue weighted by Crippen LogP contribution is -2.44. The summed E-state index contributed by atoms with van der Waals surface area (Å²) in [5.41, 5.74) is 4.35. The highest BCUT2D eigenvalue weighted by molar-refractivity contribution is 5.91. The number of nitrogens with one attached hydrogen (secondary N) is 2. The second kappa shape index (κ2) is 15.3. The molecule has 9 heteroatoms. The van der Waals surface area contributed by atoms with Gasteiger partial charge in [-0.05, 0) is 66.6 Å². The van der Waals surface area contributed by atoms with Crippen LogP contribution in [0.2, 0.25) is 0 Å². The summed E-state index contributed by atoms with van der Waals surface area (Å²) >= 11 is 0. The van der Waals surface area contributed by atoms with Gasteiger partial charge in [-0.15, -0.1) is 0 Å². The van der Waals surface area contributed by atoms with Crippen molar-refractivity contribution in [3.05, 3.63) is 113 Å². The first-order chi connectivity index (χ1) is 22.2. The number of anilines is 1. The van der Waals surface area contributed by atoms with E-state index in [1.165, 1.54) is 16.3 Å². The van der Waals surface area contributed by atoms with Gasteiger partial charge in [0.25, 0.3) is 0 Å². The Balaban J connectivity index is 1.35. The molecular formula is C37H43N3O6. The van der Waals surface area contributed by atoms with Crippen molar-refractivity contribution in [2.75, 3.05) is 32.1 Å². The van der Waals surface area contributed by atoms with Crippen molar-refractivity contribution in [1.82, 2.24) is 10.2 Å². The van der Waals surface area contributed by atoms with Crippen LogP contribution in [0.5, 0.6) is 0 Å². The highest BCUT2D eigenvalue weighted by Crippen LogP contribution is 2.42. The van der Waals surface area contributed by atoms with Gasteiger partial charge in [0.2, 0.25) is 0 Å². The maximum atomic E-state index is 12.5. The van der Waals surface area contributed by atoms with E-state index < -0.39 is 18.3 Å². The molecule has 1 aliphatic rings. The molecule has 0 radical (unpaired) electrons. The van der Waals surface area contributed by atoms with Crippen LogP contribution in [0.3, 0.4) is 0 Å². The van der Waals surface area contributed by atoms with E-state index in [1.54, 1.807) is 13.0 Å². The number of esters is 1. The monoisotopic (exact) mass is 625 g/mol. The Morgan fingerprint density at radius 3 is 2.43 bits per heavy atom. The highest BCUT2D eigenvalue weighted by atomic mass is 16.7. The number of aliphatic hydroxyl groups is 1. The molecule has 3 N–H and O–H groups in total. The minimum atomic E-state index is -0.697. The van der Waals surface area contributed by atoms with Crippen molar-refractivity contribution in [3.63, 3.8) is 0 Å². The molecule has 0 saturated carbocycles. The molecule has 4 aromatic carbocycles. The van der Waals surface area contributed by atoms with Crippen LogP contribution >= 0.6 is 0 Å². The van der Waals surface area contributed by atoms with Crippen molar-refractivity contribution < 1.29 is 28.9 Å². The van der Waals surface area contributed by atoms with Crippen LogP contribution < -0.4 is 10.6 Å². The zero-order valence-electron chi connectivity index (χ0n) is 26.8. The molecule has 5 rings (SSSR count). The summed E-state index contributed by atoms with van der Waals surface area (Å²) in [6, 6.07) is 29.8. The van der Waals surface area contributed by atoms with Crippen LogP contribution in [0.4, 0.5) is 10.5 Å². The number of aliphatic hydroxyl groups excluding tert-OH is 1. The van der Waals surface area contributed by atoms with Gasteiger partial charge in [-0.3, -0.25) is 9.69 Å². The van der Waals surface area contributed by atoms with Gasteiger partial charge >= 0.3 is 12.0 Å². The SMILES string of the molecule is CCOC(=O)CNC(=O)Nc1cccc(C2OC(CN(C)C(C)c3ccc4ccccc4c3)C(C)C(c3ccc(CO)cc3)O2)c1. The number of fused-ring (bicyclic) bond motifs is 1. The standard InChI is InChI=1S/C37H43N3O6/c1-5-44-34(42)21-38-37(43)39-32-12-8-11-31(20-32)36-45-33(24(2)35(46-36)28-15-13-26(23-41)14-16-28)22-40(4)25(3)29-18-17-27-9-6-7-10-30(27)19-29/h6-20,24-25,33,35-36,41H,5,21-23H2,1-4H3,(H2,38,39,43). The van der Waals surface area contributed by atoms with Crippen molar-refractivity contribution in [3.8, 4) is 0 Å². The Kier molecular flexibility index (Phi) is 11.0. The van der Waals surface area contributed by atoms with Gasteiger partial charge in [0.1, 0.15) is 6.54 Å².